The van der Waals surface area contributed by atoms with Crippen LogP contribution < -0.4 is 10.1 Å². The number of rotatable bonds is 7. The summed E-state index contributed by atoms with van der Waals surface area (Å²) in [6.45, 7) is 5.69. The van der Waals surface area contributed by atoms with Gasteiger partial charge >= 0.3 is 0 Å². The molecule has 2 N–H and O–H groups in total. The summed E-state index contributed by atoms with van der Waals surface area (Å²) in [5, 5.41) is 12.7. The maximum atomic E-state index is 13.5. The molecule has 1 rings (SSSR count). The van der Waals surface area contributed by atoms with E-state index in [0.29, 0.717) is 6.42 Å². The molecule has 0 spiro atoms. The number of amides is 1. The Morgan fingerprint density at radius 3 is 2.67 bits per heavy atom. The van der Waals surface area contributed by atoms with Gasteiger partial charge in [0.15, 0.2) is 11.6 Å². The summed E-state index contributed by atoms with van der Waals surface area (Å²) in [6, 6.07) is 4.65. The van der Waals surface area contributed by atoms with Crippen LogP contribution in [-0.4, -0.2) is 30.3 Å². The van der Waals surface area contributed by atoms with Gasteiger partial charge in [-0.25, -0.2) is 4.39 Å². The fraction of sp³-hybridized carbons (Fsp3) is 0.562. The molecule has 0 bridgehead atoms. The smallest absolute Gasteiger partial charge is 0.220 e. The van der Waals surface area contributed by atoms with E-state index in [1.165, 1.54) is 13.2 Å². The third kappa shape index (κ3) is 5.34. The first-order chi connectivity index (χ1) is 9.76. The molecule has 0 aromatic heterocycles. The Morgan fingerprint density at radius 2 is 2.14 bits per heavy atom. The number of methoxy groups -OCH3 is 1. The predicted octanol–water partition coefficient (Wildman–Crippen LogP) is 2.29. The molecule has 1 aromatic carbocycles. The number of carbonyl (C=O) groups is 1. The van der Waals surface area contributed by atoms with Crippen molar-refractivity contribution >= 4 is 5.91 Å². The summed E-state index contributed by atoms with van der Waals surface area (Å²) in [5.74, 6) is -0.352. The largest absolute Gasteiger partial charge is 0.494 e. The molecular weight excluding hydrogens is 273 g/mol. The lowest BCUT2D eigenvalue weighted by atomic mass is 9.92. The van der Waals surface area contributed by atoms with Crippen molar-refractivity contribution < 1.29 is 19.0 Å². The SMILES string of the molecule is COc1ccc(CCC(=O)NCC(C)(O)C(C)C)cc1F. The monoisotopic (exact) mass is 297 g/mol. The average Bonchev–Trinajstić information content (AvgIpc) is 2.43. The minimum absolute atomic E-state index is 0.0495. The van der Waals surface area contributed by atoms with Gasteiger partial charge in [0.2, 0.25) is 5.91 Å². The van der Waals surface area contributed by atoms with Gasteiger partial charge in [0.25, 0.3) is 0 Å². The number of carbonyl (C=O) groups excluding carboxylic acids is 1. The van der Waals surface area contributed by atoms with Gasteiger partial charge in [0, 0.05) is 13.0 Å². The maximum absolute atomic E-state index is 13.5. The molecule has 118 valence electrons. The highest BCUT2D eigenvalue weighted by Gasteiger charge is 2.25. The van der Waals surface area contributed by atoms with E-state index in [2.05, 4.69) is 5.32 Å². The van der Waals surface area contributed by atoms with Crippen LogP contribution in [-0.2, 0) is 11.2 Å². The van der Waals surface area contributed by atoms with Crippen molar-refractivity contribution in [2.24, 2.45) is 5.92 Å². The van der Waals surface area contributed by atoms with Gasteiger partial charge in [-0.2, -0.15) is 0 Å². The van der Waals surface area contributed by atoms with Crippen molar-refractivity contribution in [3.05, 3.63) is 29.6 Å². The van der Waals surface area contributed by atoms with E-state index < -0.39 is 11.4 Å². The molecule has 0 heterocycles. The highest BCUT2D eigenvalue weighted by Crippen LogP contribution is 2.18. The van der Waals surface area contributed by atoms with Gasteiger partial charge in [-0.15, -0.1) is 0 Å². The van der Waals surface area contributed by atoms with Crippen molar-refractivity contribution in [3.63, 3.8) is 0 Å². The van der Waals surface area contributed by atoms with Gasteiger partial charge in [-0.3, -0.25) is 4.79 Å². The van der Waals surface area contributed by atoms with Crippen LogP contribution in [0.2, 0.25) is 0 Å². The highest BCUT2D eigenvalue weighted by molar-refractivity contribution is 5.76. The second-order valence-corrected chi connectivity index (χ2v) is 5.76. The quantitative estimate of drug-likeness (QED) is 0.812. The summed E-state index contributed by atoms with van der Waals surface area (Å²) in [7, 11) is 1.41. The summed E-state index contributed by atoms with van der Waals surface area (Å²) in [4.78, 5) is 11.8. The summed E-state index contributed by atoms with van der Waals surface area (Å²) >= 11 is 0. The van der Waals surface area contributed by atoms with Crippen LogP contribution in [0.4, 0.5) is 4.39 Å². The zero-order valence-corrected chi connectivity index (χ0v) is 13.1. The molecule has 0 saturated heterocycles. The molecule has 0 saturated carbocycles. The summed E-state index contributed by atoms with van der Waals surface area (Å²) in [5.41, 5.74) is -0.193. The average molecular weight is 297 g/mol. The molecule has 0 aliphatic carbocycles. The van der Waals surface area contributed by atoms with E-state index in [1.54, 1.807) is 19.1 Å². The Balaban J connectivity index is 2.45. The Kier molecular flexibility index (Phi) is 6.15. The molecule has 1 unspecified atom stereocenters. The fourth-order valence-electron chi connectivity index (χ4n) is 1.69. The number of benzene rings is 1. The minimum Gasteiger partial charge on any atom is -0.494 e. The topological polar surface area (TPSA) is 58.6 Å². The van der Waals surface area contributed by atoms with Crippen molar-refractivity contribution in [1.29, 1.82) is 0 Å². The van der Waals surface area contributed by atoms with E-state index in [1.807, 2.05) is 13.8 Å². The molecule has 21 heavy (non-hydrogen) atoms. The summed E-state index contributed by atoms with van der Waals surface area (Å²) < 4.78 is 18.4. The number of halogens is 1. The Bertz CT molecular complexity index is 486. The van der Waals surface area contributed by atoms with E-state index in [9.17, 15) is 14.3 Å². The van der Waals surface area contributed by atoms with Crippen LogP contribution in [0.25, 0.3) is 0 Å². The second kappa shape index (κ2) is 7.41. The number of ether oxygens (including phenoxy) is 1. The van der Waals surface area contributed by atoms with Crippen LogP contribution in [0.3, 0.4) is 0 Å². The molecule has 5 heteroatoms. The number of hydrogen-bond donors (Lipinski definition) is 2. The zero-order chi connectivity index (χ0) is 16.0. The van der Waals surface area contributed by atoms with Crippen molar-refractivity contribution in [3.8, 4) is 5.75 Å². The number of hydrogen-bond acceptors (Lipinski definition) is 3. The van der Waals surface area contributed by atoms with Gasteiger partial charge in [0.05, 0.1) is 12.7 Å². The maximum Gasteiger partial charge on any atom is 0.220 e. The number of nitrogens with one attached hydrogen (secondary N) is 1. The van der Waals surface area contributed by atoms with Crippen LogP contribution in [0.1, 0.15) is 32.8 Å². The lowest BCUT2D eigenvalue weighted by Crippen LogP contribution is -2.44. The molecule has 1 aromatic rings. The van der Waals surface area contributed by atoms with Gasteiger partial charge in [-0.05, 0) is 37.0 Å². The Labute approximate surface area is 125 Å². The molecule has 1 atom stereocenters. The number of aryl methyl sites for hydroxylation is 1. The molecule has 0 aliphatic heterocycles. The fourth-order valence-corrected chi connectivity index (χ4v) is 1.69. The van der Waals surface area contributed by atoms with E-state index >= 15 is 0 Å². The Morgan fingerprint density at radius 1 is 1.48 bits per heavy atom. The molecular formula is C16H24FNO3. The van der Waals surface area contributed by atoms with Gasteiger partial charge in [-0.1, -0.05) is 19.9 Å². The van der Waals surface area contributed by atoms with Gasteiger partial charge < -0.3 is 15.2 Å². The highest BCUT2D eigenvalue weighted by atomic mass is 19.1. The van der Waals surface area contributed by atoms with Gasteiger partial charge in [0.1, 0.15) is 0 Å². The van der Waals surface area contributed by atoms with Crippen molar-refractivity contribution in [2.45, 2.75) is 39.2 Å². The van der Waals surface area contributed by atoms with Crippen molar-refractivity contribution in [1.82, 2.24) is 5.32 Å². The predicted molar refractivity (Wildman–Crippen MR) is 79.7 cm³/mol. The minimum atomic E-state index is -0.929. The Hall–Kier alpha value is -1.62. The second-order valence-electron chi connectivity index (χ2n) is 5.76. The number of aliphatic hydroxyl groups is 1. The lowest BCUT2D eigenvalue weighted by molar-refractivity contribution is -0.122. The zero-order valence-electron chi connectivity index (χ0n) is 13.1. The molecule has 1 amide bonds. The third-order valence-electron chi connectivity index (χ3n) is 3.74. The van der Waals surface area contributed by atoms with Crippen LogP contribution in [0, 0.1) is 11.7 Å². The molecule has 4 nitrogen and oxygen atoms in total. The van der Waals surface area contributed by atoms with Crippen molar-refractivity contribution in [2.75, 3.05) is 13.7 Å². The molecule has 0 aliphatic rings. The standard InChI is InChI=1S/C16H24FNO3/c1-11(2)16(3,20)10-18-15(19)8-6-12-5-7-14(21-4)13(17)9-12/h5,7,9,11,20H,6,8,10H2,1-4H3,(H,18,19). The first-order valence-corrected chi connectivity index (χ1v) is 7.07. The first kappa shape index (κ1) is 17.4. The van der Waals surface area contributed by atoms with E-state index in [-0.39, 0.29) is 30.5 Å². The lowest BCUT2D eigenvalue weighted by Gasteiger charge is -2.27. The van der Waals surface area contributed by atoms with E-state index in [4.69, 9.17) is 4.74 Å². The van der Waals surface area contributed by atoms with Crippen LogP contribution in [0.5, 0.6) is 5.75 Å². The van der Waals surface area contributed by atoms with Crippen LogP contribution in [0.15, 0.2) is 18.2 Å². The molecule has 0 fully saturated rings. The summed E-state index contributed by atoms with van der Waals surface area (Å²) in [6.07, 6.45) is 0.691. The van der Waals surface area contributed by atoms with E-state index in [0.717, 1.165) is 5.56 Å². The van der Waals surface area contributed by atoms with Crippen LogP contribution >= 0.6 is 0 Å². The first-order valence-electron chi connectivity index (χ1n) is 7.07. The normalized spacial score (nSPS) is 13.9. The molecule has 0 radical (unpaired) electrons. The third-order valence-corrected chi connectivity index (χ3v) is 3.74.